The normalized spacial score (nSPS) is 15.3. The van der Waals surface area contributed by atoms with Crippen molar-refractivity contribution in [3.05, 3.63) is 69.6 Å². The fourth-order valence-corrected chi connectivity index (χ4v) is 2.61. The van der Waals surface area contributed by atoms with Crippen LogP contribution in [0.15, 0.2) is 47.3 Å². The maximum atomic E-state index is 11.7. The van der Waals surface area contributed by atoms with Crippen LogP contribution in [0.4, 0.5) is 0 Å². The van der Waals surface area contributed by atoms with Gasteiger partial charge in [0.05, 0.1) is 5.69 Å². The van der Waals surface area contributed by atoms with Crippen LogP contribution in [0.2, 0.25) is 0 Å². The Kier molecular flexibility index (Phi) is 3.97. The first-order chi connectivity index (χ1) is 10.2. The average molecular weight is 281 g/mol. The summed E-state index contributed by atoms with van der Waals surface area (Å²) in [5.41, 5.74) is 3.30. The van der Waals surface area contributed by atoms with Crippen LogP contribution in [0.3, 0.4) is 0 Å². The van der Waals surface area contributed by atoms with E-state index < -0.39 is 0 Å². The number of aromatic nitrogens is 2. The van der Waals surface area contributed by atoms with Crippen LogP contribution in [-0.4, -0.2) is 27.8 Å². The summed E-state index contributed by atoms with van der Waals surface area (Å²) in [6, 6.07) is 12.0. The highest BCUT2D eigenvalue weighted by atomic mass is 16.1. The van der Waals surface area contributed by atoms with Gasteiger partial charge in [0.15, 0.2) is 0 Å². The lowest BCUT2D eigenvalue weighted by molar-refractivity contribution is 0.277. The van der Waals surface area contributed by atoms with Crippen LogP contribution in [-0.2, 0) is 20.0 Å². The van der Waals surface area contributed by atoms with E-state index in [0.29, 0.717) is 0 Å². The van der Waals surface area contributed by atoms with Crippen LogP contribution in [0.1, 0.15) is 16.8 Å². The fourth-order valence-electron chi connectivity index (χ4n) is 2.61. The highest BCUT2D eigenvalue weighted by Crippen LogP contribution is 2.14. The van der Waals surface area contributed by atoms with Gasteiger partial charge in [-0.15, -0.1) is 0 Å². The number of aryl methyl sites for hydroxylation is 1. The van der Waals surface area contributed by atoms with Crippen molar-refractivity contribution in [2.45, 2.75) is 13.0 Å². The number of benzene rings is 1. The van der Waals surface area contributed by atoms with Crippen molar-refractivity contribution < 1.29 is 0 Å². The molecule has 0 amide bonds. The summed E-state index contributed by atoms with van der Waals surface area (Å²) in [7, 11) is 1.71. The third-order valence-electron chi connectivity index (χ3n) is 3.79. The summed E-state index contributed by atoms with van der Waals surface area (Å²) in [6.07, 6.45) is 5.22. The number of hydrogen-bond acceptors (Lipinski definition) is 3. The SMILES string of the molecule is Cn1nc2c(cc1=O)CN(CC=Cc1ccccc1)CC2. The highest BCUT2D eigenvalue weighted by molar-refractivity contribution is 5.48. The zero-order valence-corrected chi connectivity index (χ0v) is 12.2. The molecule has 108 valence electrons. The van der Waals surface area contributed by atoms with Gasteiger partial charge < -0.3 is 0 Å². The number of nitrogens with zero attached hydrogens (tertiary/aromatic N) is 3. The van der Waals surface area contributed by atoms with E-state index in [9.17, 15) is 4.79 Å². The van der Waals surface area contributed by atoms with Crippen LogP contribution in [0, 0.1) is 0 Å². The predicted molar refractivity (Wildman–Crippen MR) is 83.9 cm³/mol. The monoisotopic (exact) mass is 281 g/mol. The molecule has 0 fully saturated rings. The Morgan fingerprint density at radius 2 is 2.10 bits per heavy atom. The van der Waals surface area contributed by atoms with E-state index in [2.05, 4.69) is 34.3 Å². The Hall–Kier alpha value is -2.20. The molecule has 2 heterocycles. The number of rotatable bonds is 3. The van der Waals surface area contributed by atoms with Crippen molar-refractivity contribution in [3.8, 4) is 0 Å². The molecule has 0 N–H and O–H groups in total. The molecule has 3 rings (SSSR count). The van der Waals surface area contributed by atoms with Gasteiger partial charge in [0.1, 0.15) is 0 Å². The predicted octanol–water partition coefficient (Wildman–Crippen LogP) is 1.85. The lowest BCUT2D eigenvalue weighted by atomic mass is 10.1. The molecule has 0 saturated carbocycles. The molecule has 21 heavy (non-hydrogen) atoms. The Labute approximate surface area is 124 Å². The second-order valence-corrected chi connectivity index (χ2v) is 5.38. The van der Waals surface area contributed by atoms with Gasteiger partial charge in [0, 0.05) is 39.2 Å². The van der Waals surface area contributed by atoms with E-state index in [1.807, 2.05) is 18.2 Å². The molecule has 1 aromatic carbocycles. The van der Waals surface area contributed by atoms with E-state index in [0.717, 1.165) is 37.3 Å². The van der Waals surface area contributed by atoms with Gasteiger partial charge in [0.2, 0.25) is 0 Å². The molecule has 0 radical (unpaired) electrons. The van der Waals surface area contributed by atoms with E-state index >= 15 is 0 Å². The van der Waals surface area contributed by atoms with Gasteiger partial charge in [-0.2, -0.15) is 5.10 Å². The molecule has 0 bridgehead atoms. The number of fused-ring (bicyclic) bond motifs is 1. The lowest BCUT2D eigenvalue weighted by Gasteiger charge is -2.26. The van der Waals surface area contributed by atoms with Gasteiger partial charge in [-0.1, -0.05) is 42.5 Å². The van der Waals surface area contributed by atoms with E-state index in [1.54, 1.807) is 13.1 Å². The Balaban J connectivity index is 1.65. The van der Waals surface area contributed by atoms with E-state index in [-0.39, 0.29) is 5.56 Å². The average Bonchev–Trinajstić information content (AvgIpc) is 2.50. The summed E-state index contributed by atoms with van der Waals surface area (Å²) < 4.78 is 1.42. The Bertz CT molecular complexity index is 704. The topological polar surface area (TPSA) is 38.1 Å². The Morgan fingerprint density at radius 3 is 2.90 bits per heavy atom. The van der Waals surface area contributed by atoms with Gasteiger partial charge in [0.25, 0.3) is 5.56 Å². The summed E-state index contributed by atoms with van der Waals surface area (Å²) in [4.78, 5) is 14.0. The van der Waals surface area contributed by atoms with Crippen LogP contribution in [0.5, 0.6) is 0 Å². The lowest BCUT2D eigenvalue weighted by Crippen LogP contribution is -2.34. The Morgan fingerprint density at radius 1 is 1.29 bits per heavy atom. The largest absolute Gasteiger partial charge is 0.295 e. The standard InChI is InChI=1S/C17H19N3O/c1-19-17(21)12-15-13-20(11-9-16(15)18-19)10-5-8-14-6-3-2-4-7-14/h2-8,12H,9-11,13H2,1H3. The van der Waals surface area contributed by atoms with E-state index in [1.165, 1.54) is 10.2 Å². The first-order valence-electron chi connectivity index (χ1n) is 7.22. The minimum Gasteiger partial charge on any atom is -0.295 e. The second-order valence-electron chi connectivity index (χ2n) is 5.38. The first-order valence-corrected chi connectivity index (χ1v) is 7.22. The molecule has 0 atom stereocenters. The molecule has 1 aliphatic heterocycles. The van der Waals surface area contributed by atoms with E-state index in [4.69, 9.17) is 0 Å². The second kappa shape index (κ2) is 6.06. The summed E-state index contributed by atoms with van der Waals surface area (Å²) >= 11 is 0. The molecule has 1 aliphatic rings. The highest BCUT2D eigenvalue weighted by Gasteiger charge is 2.17. The zero-order valence-electron chi connectivity index (χ0n) is 12.2. The van der Waals surface area contributed by atoms with Crippen molar-refractivity contribution in [1.82, 2.24) is 14.7 Å². The van der Waals surface area contributed by atoms with Gasteiger partial charge in [-0.25, -0.2) is 4.68 Å². The molecular weight excluding hydrogens is 262 g/mol. The van der Waals surface area contributed by atoms with Gasteiger partial charge in [-0.3, -0.25) is 9.69 Å². The van der Waals surface area contributed by atoms with Crippen molar-refractivity contribution in [1.29, 1.82) is 0 Å². The summed E-state index contributed by atoms with van der Waals surface area (Å²) in [6.45, 7) is 2.68. The minimum absolute atomic E-state index is 0.0320. The molecule has 0 unspecified atom stereocenters. The quantitative estimate of drug-likeness (QED) is 0.862. The molecule has 4 nitrogen and oxygen atoms in total. The summed E-state index contributed by atoms with van der Waals surface area (Å²) in [5.74, 6) is 0. The first kappa shape index (κ1) is 13.8. The zero-order chi connectivity index (χ0) is 14.7. The third kappa shape index (κ3) is 3.28. The molecule has 0 aliphatic carbocycles. The molecule has 0 saturated heterocycles. The van der Waals surface area contributed by atoms with Gasteiger partial charge >= 0.3 is 0 Å². The maximum Gasteiger partial charge on any atom is 0.266 e. The number of hydrogen-bond donors (Lipinski definition) is 0. The van der Waals surface area contributed by atoms with Crippen molar-refractivity contribution in [2.75, 3.05) is 13.1 Å². The molecular formula is C17H19N3O. The van der Waals surface area contributed by atoms with Crippen LogP contribution >= 0.6 is 0 Å². The molecule has 0 spiro atoms. The van der Waals surface area contributed by atoms with Crippen LogP contribution in [0.25, 0.3) is 6.08 Å². The van der Waals surface area contributed by atoms with Crippen molar-refractivity contribution >= 4 is 6.08 Å². The molecule has 4 heteroatoms. The minimum atomic E-state index is -0.0320. The van der Waals surface area contributed by atoms with Crippen molar-refractivity contribution in [3.63, 3.8) is 0 Å². The smallest absolute Gasteiger partial charge is 0.266 e. The fraction of sp³-hybridized carbons (Fsp3) is 0.294. The van der Waals surface area contributed by atoms with Crippen molar-refractivity contribution in [2.24, 2.45) is 7.05 Å². The van der Waals surface area contributed by atoms with Crippen LogP contribution < -0.4 is 5.56 Å². The summed E-state index contributed by atoms with van der Waals surface area (Å²) in [5, 5.41) is 4.34. The third-order valence-corrected chi connectivity index (χ3v) is 3.79. The molecule has 1 aromatic heterocycles. The van der Waals surface area contributed by atoms with Gasteiger partial charge in [-0.05, 0) is 11.1 Å². The molecule has 2 aromatic rings. The maximum absolute atomic E-state index is 11.7.